The summed E-state index contributed by atoms with van der Waals surface area (Å²) in [5, 5.41) is 2.82. The molecule has 1 atom stereocenters. The highest BCUT2D eigenvalue weighted by molar-refractivity contribution is 5.94. The summed E-state index contributed by atoms with van der Waals surface area (Å²) in [5.74, 6) is -0.236. The van der Waals surface area contributed by atoms with E-state index in [1.54, 1.807) is 23.9 Å². The molecular weight excluding hydrogens is 354 g/mol. The molecule has 0 bridgehead atoms. The summed E-state index contributed by atoms with van der Waals surface area (Å²) in [6.45, 7) is 7.83. The van der Waals surface area contributed by atoms with Crippen molar-refractivity contribution < 1.29 is 14.4 Å². The van der Waals surface area contributed by atoms with Crippen molar-refractivity contribution >= 4 is 17.7 Å². The molecule has 1 heterocycles. The molecule has 0 radical (unpaired) electrons. The number of piperidine rings is 1. The molecule has 0 aromatic heterocycles. The number of amides is 3. The SMILES string of the molecule is CN(C)C(=O)C1CCCN(C(=O)CCNC(=O)c2ccc(C(C)(C)C)cc2)C1. The maximum Gasteiger partial charge on any atom is 0.251 e. The van der Waals surface area contributed by atoms with Crippen LogP contribution in [-0.4, -0.2) is 61.3 Å². The first kappa shape index (κ1) is 21.9. The van der Waals surface area contributed by atoms with Crippen molar-refractivity contribution in [1.82, 2.24) is 15.1 Å². The van der Waals surface area contributed by atoms with E-state index in [0.717, 1.165) is 12.8 Å². The second kappa shape index (κ2) is 9.22. The number of rotatable bonds is 5. The number of benzene rings is 1. The molecule has 1 aromatic carbocycles. The Bertz CT molecular complexity index is 705. The summed E-state index contributed by atoms with van der Waals surface area (Å²) in [7, 11) is 3.49. The average Bonchev–Trinajstić information content (AvgIpc) is 2.66. The fourth-order valence-electron chi connectivity index (χ4n) is 3.44. The Labute approximate surface area is 168 Å². The van der Waals surface area contributed by atoms with Gasteiger partial charge < -0.3 is 15.1 Å². The van der Waals surface area contributed by atoms with Crippen LogP contribution in [0.2, 0.25) is 0 Å². The van der Waals surface area contributed by atoms with Gasteiger partial charge in [0.1, 0.15) is 0 Å². The van der Waals surface area contributed by atoms with Crippen molar-refractivity contribution in [3.63, 3.8) is 0 Å². The lowest BCUT2D eigenvalue weighted by Crippen LogP contribution is -2.45. The highest BCUT2D eigenvalue weighted by Gasteiger charge is 2.29. The number of likely N-dealkylation sites (tertiary alicyclic amines) is 1. The minimum Gasteiger partial charge on any atom is -0.352 e. The lowest BCUT2D eigenvalue weighted by Gasteiger charge is -2.33. The summed E-state index contributed by atoms with van der Waals surface area (Å²) < 4.78 is 0. The van der Waals surface area contributed by atoms with E-state index in [1.807, 2.05) is 24.3 Å². The molecule has 1 aliphatic heterocycles. The third-order valence-electron chi connectivity index (χ3n) is 5.20. The first-order valence-corrected chi connectivity index (χ1v) is 9.97. The van der Waals surface area contributed by atoms with E-state index in [0.29, 0.717) is 25.2 Å². The molecule has 0 spiro atoms. The third kappa shape index (κ3) is 5.81. The lowest BCUT2D eigenvalue weighted by atomic mass is 9.87. The Hall–Kier alpha value is -2.37. The first-order chi connectivity index (χ1) is 13.1. The maximum atomic E-state index is 12.5. The Balaban J connectivity index is 1.81. The second-order valence-corrected chi connectivity index (χ2v) is 8.74. The second-order valence-electron chi connectivity index (χ2n) is 8.74. The van der Waals surface area contributed by atoms with E-state index in [1.165, 1.54) is 5.56 Å². The van der Waals surface area contributed by atoms with Gasteiger partial charge >= 0.3 is 0 Å². The van der Waals surface area contributed by atoms with Crippen molar-refractivity contribution in [3.8, 4) is 0 Å². The summed E-state index contributed by atoms with van der Waals surface area (Å²) >= 11 is 0. The largest absolute Gasteiger partial charge is 0.352 e. The summed E-state index contributed by atoms with van der Waals surface area (Å²) in [6, 6.07) is 7.57. The third-order valence-corrected chi connectivity index (χ3v) is 5.20. The molecule has 1 aromatic rings. The molecule has 6 nitrogen and oxygen atoms in total. The Morgan fingerprint density at radius 2 is 1.79 bits per heavy atom. The van der Waals surface area contributed by atoms with Gasteiger partial charge in [0.25, 0.3) is 5.91 Å². The van der Waals surface area contributed by atoms with Crippen molar-refractivity contribution in [1.29, 1.82) is 0 Å². The van der Waals surface area contributed by atoms with Crippen LogP contribution in [0.5, 0.6) is 0 Å². The van der Waals surface area contributed by atoms with Gasteiger partial charge in [-0.3, -0.25) is 14.4 Å². The first-order valence-electron chi connectivity index (χ1n) is 9.97. The van der Waals surface area contributed by atoms with Crippen molar-refractivity contribution in [3.05, 3.63) is 35.4 Å². The number of hydrogen-bond donors (Lipinski definition) is 1. The zero-order valence-corrected chi connectivity index (χ0v) is 17.7. The molecule has 1 aliphatic rings. The Morgan fingerprint density at radius 3 is 2.36 bits per heavy atom. The van der Waals surface area contributed by atoms with Crippen LogP contribution in [0.3, 0.4) is 0 Å². The molecule has 1 fully saturated rings. The molecule has 1 unspecified atom stereocenters. The Morgan fingerprint density at radius 1 is 1.14 bits per heavy atom. The number of nitrogens with zero attached hydrogens (tertiary/aromatic N) is 2. The highest BCUT2D eigenvalue weighted by Crippen LogP contribution is 2.22. The summed E-state index contributed by atoms with van der Waals surface area (Å²) in [6.07, 6.45) is 1.90. The standard InChI is InChI=1S/C22H33N3O3/c1-22(2,3)18-10-8-16(9-11-18)20(27)23-13-12-19(26)25-14-6-7-17(15-25)21(28)24(4)5/h8-11,17H,6-7,12-15H2,1-5H3,(H,23,27). The fraction of sp³-hybridized carbons (Fsp3) is 0.591. The molecule has 0 saturated carbocycles. The zero-order valence-electron chi connectivity index (χ0n) is 17.7. The van der Waals surface area contributed by atoms with Crippen LogP contribution in [0.25, 0.3) is 0 Å². The predicted molar refractivity (Wildman–Crippen MR) is 110 cm³/mol. The molecule has 0 aliphatic carbocycles. The molecule has 6 heteroatoms. The lowest BCUT2D eigenvalue weighted by molar-refractivity contribution is -0.139. The van der Waals surface area contributed by atoms with Crippen LogP contribution in [0.15, 0.2) is 24.3 Å². The molecule has 1 saturated heterocycles. The van der Waals surface area contributed by atoms with Crippen LogP contribution in [-0.2, 0) is 15.0 Å². The number of carbonyl (C=O) groups is 3. The fourth-order valence-corrected chi connectivity index (χ4v) is 3.44. The van der Waals surface area contributed by atoms with Gasteiger partial charge in [0.05, 0.1) is 5.92 Å². The molecule has 28 heavy (non-hydrogen) atoms. The summed E-state index contributed by atoms with van der Waals surface area (Å²) in [5.41, 5.74) is 1.81. The normalized spacial score (nSPS) is 17.2. The van der Waals surface area contributed by atoms with E-state index >= 15 is 0 Å². The van der Waals surface area contributed by atoms with Gasteiger partial charge in [-0.1, -0.05) is 32.9 Å². The predicted octanol–water partition coefficient (Wildman–Crippen LogP) is 2.43. The minimum atomic E-state index is -0.174. The van der Waals surface area contributed by atoms with E-state index in [-0.39, 0.29) is 35.5 Å². The summed E-state index contributed by atoms with van der Waals surface area (Å²) in [4.78, 5) is 40.2. The molecule has 154 valence electrons. The van der Waals surface area contributed by atoms with Gasteiger partial charge in [-0.15, -0.1) is 0 Å². The van der Waals surface area contributed by atoms with E-state index < -0.39 is 0 Å². The zero-order chi connectivity index (χ0) is 20.9. The topological polar surface area (TPSA) is 69.7 Å². The van der Waals surface area contributed by atoms with Crippen LogP contribution in [0, 0.1) is 5.92 Å². The molecule has 1 N–H and O–H groups in total. The van der Waals surface area contributed by atoms with E-state index in [9.17, 15) is 14.4 Å². The van der Waals surface area contributed by atoms with Gasteiger partial charge in [0, 0.05) is 45.7 Å². The number of carbonyl (C=O) groups excluding carboxylic acids is 3. The van der Waals surface area contributed by atoms with Gasteiger partial charge in [0.15, 0.2) is 0 Å². The monoisotopic (exact) mass is 387 g/mol. The molecule has 2 rings (SSSR count). The van der Waals surface area contributed by atoms with E-state index in [4.69, 9.17) is 0 Å². The number of hydrogen-bond acceptors (Lipinski definition) is 3. The van der Waals surface area contributed by atoms with Crippen molar-refractivity contribution in [2.45, 2.75) is 45.4 Å². The van der Waals surface area contributed by atoms with Crippen LogP contribution >= 0.6 is 0 Å². The van der Waals surface area contributed by atoms with Crippen molar-refractivity contribution in [2.75, 3.05) is 33.7 Å². The van der Waals surface area contributed by atoms with Crippen LogP contribution in [0.4, 0.5) is 0 Å². The quantitative estimate of drug-likeness (QED) is 0.844. The van der Waals surface area contributed by atoms with Crippen LogP contribution in [0.1, 0.15) is 56.0 Å². The number of nitrogens with one attached hydrogen (secondary N) is 1. The van der Waals surface area contributed by atoms with Gasteiger partial charge in [-0.2, -0.15) is 0 Å². The van der Waals surface area contributed by atoms with Gasteiger partial charge in [0.2, 0.25) is 11.8 Å². The maximum absolute atomic E-state index is 12.5. The smallest absolute Gasteiger partial charge is 0.251 e. The molecular formula is C22H33N3O3. The molecule has 3 amide bonds. The van der Waals surface area contributed by atoms with Gasteiger partial charge in [-0.25, -0.2) is 0 Å². The minimum absolute atomic E-state index is 0.0142. The van der Waals surface area contributed by atoms with Crippen LogP contribution < -0.4 is 5.32 Å². The van der Waals surface area contributed by atoms with Gasteiger partial charge in [-0.05, 0) is 36.0 Å². The Kier molecular flexibility index (Phi) is 7.22. The van der Waals surface area contributed by atoms with E-state index in [2.05, 4.69) is 26.1 Å². The van der Waals surface area contributed by atoms with Crippen molar-refractivity contribution in [2.24, 2.45) is 5.92 Å². The average molecular weight is 388 g/mol. The highest BCUT2D eigenvalue weighted by atomic mass is 16.2.